The Morgan fingerprint density at radius 3 is 2.44 bits per heavy atom. The second-order valence-electron chi connectivity index (χ2n) is 5.43. The molecular weight excluding hydrogens is 350 g/mol. The number of esters is 1. The molecule has 0 saturated carbocycles. The molecule has 1 amide bonds. The average Bonchev–Trinajstić information content (AvgIpc) is 2.70. The molecule has 2 aromatic carbocycles. The Labute approximate surface area is 158 Å². The Kier molecular flexibility index (Phi) is 8.12. The monoisotopic (exact) mass is 373 g/mol. The van der Waals surface area contributed by atoms with E-state index in [2.05, 4.69) is 5.32 Å². The van der Waals surface area contributed by atoms with Crippen molar-refractivity contribution in [2.24, 2.45) is 0 Å². The van der Waals surface area contributed by atoms with E-state index in [1.807, 2.05) is 6.92 Å². The molecule has 0 aliphatic rings. The van der Waals surface area contributed by atoms with Gasteiger partial charge in [-0.1, -0.05) is 6.07 Å². The lowest BCUT2D eigenvalue weighted by Crippen LogP contribution is -2.20. The molecule has 7 nitrogen and oxygen atoms in total. The molecule has 0 spiro atoms. The molecule has 2 rings (SSSR count). The summed E-state index contributed by atoms with van der Waals surface area (Å²) in [4.78, 5) is 24.0. The van der Waals surface area contributed by atoms with Crippen LogP contribution in [0.25, 0.3) is 0 Å². The summed E-state index contributed by atoms with van der Waals surface area (Å²) in [6.07, 6.45) is 0. The number of carbonyl (C=O) groups is 2. The van der Waals surface area contributed by atoms with Gasteiger partial charge in [0.05, 0.1) is 19.3 Å². The second kappa shape index (κ2) is 10.8. The van der Waals surface area contributed by atoms with E-state index in [0.717, 1.165) is 0 Å². The third-order valence-corrected chi connectivity index (χ3v) is 3.48. The van der Waals surface area contributed by atoms with Gasteiger partial charge < -0.3 is 24.3 Å². The molecule has 0 unspecified atom stereocenters. The quantitative estimate of drug-likeness (QED) is 0.509. The number of anilines is 1. The van der Waals surface area contributed by atoms with Gasteiger partial charge in [-0.3, -0.25) is 4.79 Å². The van der Waals surface area contributed by atoms with E-state index < -0.39 is 5.97 Å². The number of carbonyl (C=O) groups excluding carboxylic acids is 2. The summed E-state index contributed by atoms with van der Waals surface area (Å²) in [5.41, 5.74) is 0.831. The number of rotatable bonds is 10. The number of amides is 1. The van der Waals surface area contributed by atoms with Crippen molar-refractivity contribution in [3.63, 3.8) is 0 Å². The van der Waals surface area contributed by atoms with Crippen LogP contribution in [0.5, 0.6) is 11.5 Å². The maximum atomic E-state index is 12.0. The molecule has 0 heterocycles. The minimum absolute atomic E-state index is 0.157. The molecule has 0 saturated heterocycles. The lowest BCUT2D eigenvalue weighted by Gasteiger charge is -2.09. The molecule has 7 heteroatoms. The van der Waals surface area contributed by atoms with Gasteiger partial charge in [0.1, 0.15) is 18.1 Å². The summed E-state index contributed by atoms with van der Waals surface area (Å²) in [5.74, 6) is 0.447. The lowest BCUT2D eigenvalue weighted by molar-refractivity contribution is -0.118. The molecule has 1 N–H and O–H groups in total. The van der Waals surface area contributed by atoms with Crippen LogP contribution in [0.4, 0.5) is 5.69 Å². The Hall–Kier alpha value is -3.06. The van der Waals surface area contributed by atoms with Crippen LogP contribution >= 0.6 is 0 Å². The number of hydrogen-bond acceptors (Lipinski definition) is 6. The van der Waals surface area contributed by atoms with E-state index in [4.69, 9.17) is 18.9 Å². The van der Waals surface area contributed by atoms with Crippen LogP contribution in [0.1, 0.15) is 17.3 Å². The van der Waals surface area contributed by atoms with Crippen LogP contribution in [0.3, 0.4) is 0 Å². The SMILES string of the molecule is CCOCCOC(=O)c1cccc(NC(=O)COc2ccc(OC)cc2)c1. The van der Waals surface area contributed by atoms with Gasteiger partial charge in [-0.15, -0.1) is 0 Å². The van der Waals surface area contributed by atoms with Gasteiger partial charge in [0, 0.05) is 12.3 Å². The third kappa shape index (κ3) is 6.99. The smallest absolute Gasteiger partial charge is 0.338 e. The van der Waals surface area contributed by atoms with E-state index in [9.17, 15) is 9.59 Å². The Bertz CT molecular complexity index is 744. The highest BCUT2D eigenvalue weighted by Crippen LogP contribution is 2.17. The number of hydrogen-bond donors (Lipinski definition) is 1. The Morgan fingerprint density at radius 2 is 1.74 bits per heavy atom. The van der Waals surface area contributed by atoms with Crippen LogP contribution < -0.4 is 14.8 Å². The molecule has 2 aromatic rings. The summed E-state index contributed by atoms with van der Waals surface area (Å²) in [5, 5.41) is 2.69. The van der Waals surface area contributed by atoms with Gasteiger partial charge >= 0.3 is 5.97 Å². The predicted octanol–water partition coefficient (Wildman–Crippen LogP) is 2.91. The van der Waals surface area contributed by atoms with Crippen molar-refractivity contribution in [1.29, 1.82) is 0 Å². The van der Waals surface area contributed by atoms with Crippen LogP contribution in [0.15, 0.2) is 48.5 Å². The highest BCUT2D eigenvalue weighted by molar-refractivity contribution is 5.95. The van der Waals surface area contributed by atoms with Gasteiger partial charge in [0.15, 0.2) is 6.61 Å². The summed E-state index contributed by atoms with van der Waals surface area (Å²) in [7, 11) is 1.58. The van der Waals surface area contributed by atoms with Crippen LogP contribution in [0.2, 0.25) is 0 Å². The topological polar surface area (TPSA) is 83.1 Å². The van der Waals surface area contributed by atoms with Crippen molar-refractivity contribution in [1.82, 2.24) is 0 Å². The molecule has 27 heavy (non-hydrogen) atoms. The molecule has 0 radical (unpaired) electrons. The summed E-state index contributed by atoms with van der Waals surface area (Å²) in [6.45, 7) is 2.81. The first-order chi connectivity index (χ1) is 13.1. The van der Waals surface area contributed by atoms with E-state index >= 15 is 0 Å². The van der Waals surface area contributed by atoms with E-state index in [0.29, 0.717) is 36.0 Å². The fourth-order valence-corrected chi connectivity index (χ4v) is 2.16. The average molecular weight is 373 g/mol. The van der Waals surface area contributed by atoms with E-state index in [1.165, 1.54) is 0 Å². The summed E-state index contributed by atoms with van der Waals surface area (Å²) in [6, 6.07) is 13.4. The van der Waals surface area contributed by atoms with Crippen molar-refractivity contribution < 1.29 is 28.5 Å². The number of benzene rings is 2. The van der Waals surface area contributed by atoms with Crippen molar-refractivity contribution in [3.8, 4) is 11.5 Å². The number of ether oxygens (including phenoxy) is 4. The molecule has 0 aliphatic heterocycles. The first kappa shape index (κ1) is 20.3. The molecule has 0 fully saturated rings. The zero-order valence-electron chi connectivity index (χ0n) is 15.4. The van der Waals surface area contributed by atoms with Crippen molar-refractivity contribution in [3.05, 3.63) is 54.1 Å². The molecule has 0 atom stereocenters. The highest BCUT2D eigenvalue weighted by Gasteiger charge is 2.10. The molecular formula is C20H23NO6. The van der Waals surface area contributed by atoms with Crippen molar-refractivity contribution >= 4 is 17.6 Å². The number of nitrogens with one attached hydrogen (secondary N) is 1. The van der Waals surface area contributed by atoms with Crippen molar-refractivity contribution in [2.75, 3.05) is 38.9 Å². The largest absolute Gasteiger partial charge is 0.497 e. The third-order valence-electron chi connectivity index (χ3n) is 3.48. The van der Waals surface area contributed by atoms with E-state index in [1.54, 1.807) is 55.6 Å². The maximum absolute atomic E-state index is 12.0. The highest BCUT2D eigenvalue weighted by atomic mass is 16.6. The second-order valence-corrected chi connectivity index (χ2v) is 5.43. The van der Waals surface area contributed by atoms with Gasteiger partial charge in [-0.25, -0.2) is 4.79 Å². The number of methoxy groups -OCH3 is 1. The van der Waals surface area contributed by atoms with Gasteiger partial charge in [-0.2, -0.15) is 0 Å². The molecule has 0 aromatic heterocycles. The first-order valence-corrected chi connectivity index (χ1v) is 8.54. The first-order valence-electron chi connectivity index (χ1n) is 8.54. The zero-order valence-corrected chi connectivity index (χ0v) is 15.4. The van der Waals surface area contributed by atoms with E-state index in [-0.39, 0.29) is 19.1 Å². The van der Waals surface area contributed by atoms with Crippen molar-refractivity contribution in [2.45, 2.75) is 6.92 Å². The van der Waals surface area contributed by atoms with Crippen LogP contribution in [0, 0.1) is 0 Å². The predicted molar refractivity (Wildman–Crippen MR) is 100 cm³/mol. The van der Waals surface area contributed by atoms with Crippen LogP contribution in [-0.2, 0) is 14.3 Å². The molecule has 144 valence electrons. The minimum atomic E-state index is -0.472. The minimum Gasteiger partial charge on any atom is -0.497 e. The zero-order chi connectivity index (χ0) is 19.5. The van der Waals surface area contributed by atoms with Gasteiger partial charge in [-0.05, 0) is 49.4 Å². The molecule has 0 bridgehead atoms. The van der Waals surface area contributed by atoms with Gasteiger partial charge in [0.25, 0.3) is 5.91 Å². The van der Waals surface area contributed by atoms with Crippen LogP contribution in [-0.4, -0.2) is 45.4 Å². The molecule has 0 aliphatic carbocycles. The summed E-state index contributed by atoms with van der Waals surface area (Å²) >= 11 is 0. The normalized spacial score (nSPS) is 10.1. The lowest BCUT2D eigenvalue weighted by atomic mass is 10.2. The fraction of sp³-hybridized carbons (Fsp3) is 0.300. The Morgan fingerprint density at radius 1 is 1.00 bits per heavy atom. The van der Waals surface area contributed by atoms with Gasteiger partial charge in [0.2, 0.25) is 0 Å². The summed E-state index contributed by atoms with van der Waals surface area (Å²) < 4.78 is 20.7. The maximum Gasteiger partial charge on any atom is 0.338 e. The Balaban J connectivity index is 1.83. The standard InChI is InChI=1S/C20H23NO6/c1-3-25-11-12-26-20(23)15-5-4-6-16(13-15)21-19(22)14-27-18-9-7-17(24-2)8-10-18/h4-10,13H,3,11-12,14H2,1-2H3,(H,21,22). The fourth-order valence-electron chi connectivity index (χ4n) is 2.16.